The zero-order valence-electron chi connectivity index (χ0n) is 7.72. The van der Waals surface area contributed by atoms with Crippen LogP contribution in [0, 0.1) is 6.92 Å². The number of aromatic amines is 1. The minimum Gasteiger partial charge on any atom is -0.476 e. The fourth-order valence-corrected chi connectivity index (χ4v) is 1.38. The van der Waals surface area contributed by atoms with Gasteiger partial charge in [0.15, 0.2) is 5.69 Å². The summed E-state index contributed by atoms with van der Waals surface area (Å²) in [4.78, 5) is 17.8. The highest BCUT2D eigenvalue weighted by molar-refractivity contribution is 5.86. The van der Waals surface area contributed by atoms with Crippen molar-refractivity contribution in [2.45, 2.75) is 32.1 Å². The van der Waals surface area contributed by atoms with Crippen LogP contribution in [-0.2, 0) is 5.41 Å². The molecule has 2 N–H and O–H groups in total. The Labute approximate surface area is 76.0 Å². The predicted octanol–water partition coefficient (Wildman–Crippen LogP) is 1.47. The number of carboxylic acids is 1. The molecule has 0 aromatic carbocycles. The normalized spacial score (nSPS) is 18.6. The number of nitrogens with one attached hydrogen (secondary N) is 1. The number of H-pyrrole nitrogens is 1. The number of aryl methyl sites for hydroxylation is 1. The molecule has 1 fully saturated rings. The average molecular weight is 180 g/mol. The molecule has 1 heterocycles. The largest absolute Gasteiger partial charge is 0.476 e. The predicted molar refractivity (Wildman–Crippen MR) is 46.9 cm³/mol. The molecule has 0 atom stereocenters. The fraction of sp³-hybridized carbons (Fsp3) is 0.556. The maximum Gasteiger partial charge on any atom is 0.356 e. The Morgan fingerprint density at radius 1 is 1.62 bits per heavy atom. The van der Waals surface area contributed by atoms with Crippen molar-refractivity contribution >= 4 is 5.97 Å². The van der Waals surface area contributed by atoms with Gasteiger partial charge in [-0.15, -0.1) is 0 Å². The van der Waals surface area contributed by atoms with Gasteiger partial charge in [-0.3, -0.25) is 0 Å². The van der Waals surface area contributed by atoms with Crippen molar-refractivity contribution in [3.63, 3.8) is 0 Å². The Morgan fingerprint density at radius 3 is 2.62 bits per heavy atom. The van der Waals surface area contributed by atoms with Crippen LogP contribution < -0.4 is 0 Å². The molecule has 13 heavy (non-hydrogen) atoms. The standard InChI is InChI=1S/C9H12N2O2/c1-5-6(7(12)13)11-8(10-5)9(2)3-4-9/h3-4H2,1-2H3,(H,10,11)(H,12,13). The van der Waals surface area contributed by atoms with Crippen molar-refractivity contribution in [3.8, 4) is 0 Å². The summed E-state index contributed by atoms with van der Waals surface area (Å²) < 4.78 is 0. The first kappa shape index (κ1) is 8.29. The fourth-order valence-electron chi connectivity index (χ4n) is 1.38. The maximum atomic E-state index is 10.7. The zero-order chi connectivity index (χ0) is 9.64. The van der Waals surface area contributed by atoms with Gasteiger partial charge in [-0.25, -0.2) is 9.78 Å². The number of nitrogens with zero attached hydrogens (tertiary/aromatic N) is 1. The molecule has 2 rings (SSSR count). The molecule has 0 amide bonds. The molecular weight excluding hydrogens is 168 g/mol. The van der Waals surface area contributed by atoms with Crippen LogP contribution in [0.4, 0.5) is 0 Å². The van der Waals surface area contributed by atoms with Gasteiger partial charge in [-0.05, 0) is 19.8 Å². The van der Waals surface area contributed by atoms with Gasteiger partial charge in [0.2, 0.25) is 0 Å². The van der Waals surface area contributed by atoms with Crippen molar-refractivity contribution in [1.29, 1.82) is 0 Å². The molecule has 1 aromatic heterocycles. The lowest BCUT2D eigenvalue weighted by Gasteiger charge is -2.00. The van der Waals surface area contributed by atoms with Gasteiger partial charge >= 0.3 is 5.97 Å². The first-order valence-electron chi connectivity index (χ1n) is 4.33. The highest BCUT2D eigenvalue weighted by atomic mass is 16.4. The van der Waals surface area contributed by atoms with Crippen LogP contribution in [0.5, 0.6) is 0 Å². The third-order valence-corrected chi connectivity index (χ3v) is 2.66. The van der Waals surface area contributed by atoms with Crippen molar-refractivity contribution in [1.82, 2.24) is 9.97 Å². The lowest BCUT2D eigenvalue weighted by atomic mass is 10.1. The number of imidazole rings is 1. The number of hydrogen-bond donors (Lipinski definition) is 2. The smallest absolute Gasteiger partial charge is 0.356 e. The van der Waals surface area contributed by atoms with Crippen LogP contribution in [0.3, 0.4) is 0 Å². The molecule has 4 nitrogen and oxygen atoms in total. The van der Waals surface area contributed by atoms with E-state index in [2.05, 4.69) is 16.9 Å². The summed E-state index contributed by atoms with van der Waals surface area (Å²) in [5, 5.41) is 8.78. The monoisotopic (exact) mass is 180 g/mol. The number of aromatic carboxylic acids is 1. The zero-order valence-corrected chi connectivity index (χ0v) is 7.72. The Bertz CT molecular complexity index is 364. The SMILES string of the molecule is Cc1[nH]c(C2(C)CC2)nc1C(=O)O. The summed E-state index contributed by atoms with van der Waals surface area (Å²) in [6.45, 7) is 3.84. The summed E-state index contributed by atoms with van der Waals surface area (Å²) in [6, 6.07) is 0. The molecule has 0 aliphatic heterocycles. The van der Waals surface area contributed by atoms with Crippen LogP contribution in [0.15, 0.2) is 0 Å². The van der Waals surface area contributed by atoms with Gasteiger partial charge in [-0.2, -0.15) is 0 Å². The molecule has 0 spiro atoms. The number of rotatable bonds is 2. The first-order chi connectivity index (χ1) is 6.03. The highest BCUT2D eigenvalue weighted by Crippen LogP contribution is 2.46. The van der Waals surface area contributed by atoms with Gasteiger partial charge in [-0.1, -0.05) is 6.92 Å². The molecular formula is C9H12N2O2. The van der Waals surface area contributed by atoms with Crippen LogP contribution in [-0.4, -0.2) is 21.0 Å². The van der Waals surface area contributed by atoms with Crippen molar-refractivity contribution < 1.29 is 9.90 Å². The van der Waals surface area contributed by atoms with E-state index in [1.165, 1.54) is 0 Å². The van der Waals surface area contributed by atoms with E-state index >= 15 is 0 Å². The molecule has 1 aliphatic carbocycles. The van der Waals surface area contributed by atoms with Gasteiger partial charge < -0.3 is 10.1 Å². The van der Waals surface area contributed by atoms with E-state index in [9.17, 15) is 4.79 Å². The number of carboxylic acid groups (broad SMARTS) is 1. The second-order valence-corrected chi connectivity index (χ2v) is 3.92. The topological polar surface area (TPSA) is 66.0 Å². The van der Waals surface area contributed by atoms with E-state index in [-0.39, 0.29) is 11.1 Å². The van der Waals surface area contributed by atoms with Crippen molar-refractivity contribution in [3.05, 3.63) is 17.2 Å². The summed E-state index contributed by atoms with van der Waals surface area (Å²) in [5.41, 5.74) is 0.914. The van der Waals surface area contributed by atoms with Crippen LogP contribution >= 0.6 is 0 Å². The lowest BCUT2D eigenvalue weighted by Crippen LogP contribution is -2.03. The summed E-state index contributed by atoms with van der Waals surface area (Å²) in [5.74, 6) is -0.133. The van der Waals surface area contributed by atoms with E-state index < -0.39 is 5.97 Å². The van der Waals surface area contributed by atoms with E-state index in [0.717, 1.165) is 18.7 Å². The molecule has 1 aromatic rings. The number of carbonyl (C=O) groups is 1. The van der Waals surface area contributed by atoms with Crippen LogP contribution in [0.1, 0.15) is 41.8 Å². The lowest BCUT2D eigenvalue weighted by molar-refractivity contribution is 0.0690. The summed E-state index contributed by atoms with van der Waals surface area (Å²) in [7, 11) is 0. The molecule has 0 saturated heterocycles. The molecule has 1 saturated carbocycles. The van der Waals surface area contributed by atoms with Crippen molar-refractivity contribution in [2.75, 3.05) is 0 Å². The molecule has 0 bridgehead atoms. The second-order valence-electron chi connectivity index (χ2n) is 3.92. The third-order valence-electron chi connectivity index (χ3n) is 2.66. The Kier molecular flexibility index (Phi) is 1.49. The van der Waals surface area contributed by atoms with Crippen molar-refractivity contribution in [2.24, 2.45) is 0 Å². The van der Waals surface area contributed by atoms with Crippen LogP contribution in [0.2, 0.25) is 0 Å². The van der Waals surface area contributed by atoms with Gasteiger partial charge in [0.05, 0.1) is 0 Å². The molecule has 70 valence electrons. The van der Waals surface area contributed by atoms with Gasteiger partial charge in [0.25, 0.3) is 0 Å². The Balaban J connectivity index is 2.41. The second kappa shape index (κ2) is 2.34. The number of hydrogen-bond acceptors (Lipinski definition) is 2. The van der Waals surface area contributed by atoms with Crippen LogP contribution in [0.25, 0.3) is 0 Å². The maximum absolute atomic E-state index is 10.7. The molecule has 0 unspecified atom stereocenters. The minimum absolute atomic E-state index is 0.110. The number of aromatic nitrogens is 2. The third kappa shape index (κ3) is 1.22. The molecule has 1 aliphatic rings. The van der Waals surface area contributed by atoms with E-state index in [0.29, 0.717) is 5.69 Å². The van der Waals surface area contributed by atoms with E-state index in [1.807, 2.05) is 0 Å². The van der Waals surface area contributed by atoms with E-state index in [4.69, 9.17) is 5.11 Å². The molecule has 4 heteroatoms. The Hall–Kier alpha value is -1.32. The summed E-state index contributed by atoms with van der Waals surface area (Å²) in [6.07, 6.45) is 2.19. The first-order valence-corrected chi connectivity index (χ1v) is 4.33. The molecule has 0 radical (unpaired) electrons. The quantitative estimate of drug-likeness (QED) is 0.724. The highest BCUT2D eigenvalue weighted by Gasteiger charge is 2.42. The van der Waals surface area contributed by atoms with E-state index in [1.54, 1.807) is 6.92 Å². The summed E-state index contributed by atoms with van der Waals surface area (Å²) >= 11 is 0. The average Bonchev–Trinajstić information content (AvgIpc) is 2.63. The van der Waals surface area contributed by atoms with Gasteiger partial charge in [0, 0.05) is 11.1 Å². The van der Waals surface area contributed by atoms with Gasteiger partial charge in [0.1, 0.15) is 5.82 Å². The Morgan fingerprint density at radius 2 is 2.23 bits per heavy atom. The minimum atomic E-state index is -0.954.